The summed E-state index contributed by atoms with van der Waals surface area (Å²) >= 11 is 1.41. The summed E-state index contributed by atoms with van der Waals surface area (Å²) < 4.78 is 40.2. The zero-order valence-electron chi connectivity index (χ0n) is 15.7. The molecule has 0 saturated heterocycles. The minimum atomic E-state index is -4.45. The first-order valence-corrected chi connectivity index (χ1v) is 10.1. The number of fused-ring (bicyclic) bond motifs is 1. The quantitative estimate of drug-likeness (QED) is 0.436. The van der Waals surface area contributed by atoms with E-state index in [2.05, 4.69) is 10.3 Å². The summed E-state index contributed by atoms with van der Waals surface area (Å²) in [5.74, 6) is -0.366. The summed E-state index contributed by atoms with van der Waals surface area (Å²) in [5.41, 5.74) is 2.25. The van der Waals surface area contributed by atoms with Crippen molar-refractivity contribution in [3.05, 3.63) is 88.9 Å². The number of nitrogens with zero attached hydrogens (tertiary/aromatic N) is 1. The second kappa shape index (κ2) is 8.28. The lowest BCUT2D eigenvalue weighted by Gasteiger charge is -2.13. The van der Waals surface area contributed by atoms with Crippen molar-refractivity contribution in [2.45, 2.75) is 19.1 Å². The minimum Gasteiger partial charge on any atom is -0.352 e. The molecule has 7 heteroatoms. The third kappa shape index (κ3) is 4.52. The summed E-state index contributed by atoms with van der Waals surface area (Å²) in [5, 5.41) is 3.19. The summed E-state index contributed by atoms with van der Waals surface area (Å²) in [6, 6.07) is 21.1. The first kappa shape index (κ1) is 20.1. The molecule has 30 heavy (non-hydrogen) atoms. The van der Waals surface area contributed by atoms with Gasteiger partial charge in [0.05, 0.1) is 22.2 Å². The lowest BCUT2D eigenvalue weighted by atomic mass is 10.1. The number of hydrogen-bond acceptors (Lipinski definition) is 3. The van der Waals surface area contributed by atoms with Crippen LogP contribution in [0.1, 0.15) is 16.1 Å². The van der Waals surface area contributed by atoms with Crippen LogP contribution in [0.25, 0.3) is 21.3 Å². The molecule has 0 fully saturated rings. The van der Waals surface area contributed by atoms with Crippen molar-refractivity contribution in [3.63, 3.8) is 0 Å². The van der Waals surface area contributed by atoms with E-state index in [9.17, 15) is 18.0 Å². The van der Waals surface area contributed by atoms with Gasteiger partial charge in [-0.1, -0.05) is 54.6 Å². The Hall–Kier alpha value is -3.19. The van der Waals surface area contributed by atoms with Crippen LogP contribution in [-0.2, 0) is 23.9 Å². The number of rotatable bonds is 5. The highest BCUT2D eigenvalue weighted by Gasteiger charge is 2.32. The van der Waals surface area contributed by atoms with Gasteiger partial charge in [-0.3, -0.25) is 4.79 Å². The van der Waals surface area contributed by atoms with Gasteiger partial charge in [0, 0.05) is 6.54 Å². The fraction of sp³-hybridized carbons (Fsp3) is 0.130. The lowest BCUT2D eigenvalue weighted by molar-refractivity contribution is -0.138. The Balaban J connectivity index is 1.45. The number of nitrogens with one attached hydrogen (secondary N) is 1. The van der Waals surface area contributed by atoms with Crippen LogP contribution in [0.3, 0.4) is 0 Å². The summed E-state index contributed by atoms with van der Waals surface area (Å²) in [6.45, 7) is -0.183. The van der Waals surface area contributed by atoms with E-state index in [1.54, 1.807) is 0 Å². The number of amides is 1. The number of carbonyl (C=O) groups is 1. The highest BCUT2D eigenvalue weighted by molar-refractivity contribution is 7.18. The van der Waals surface area contributed by atoms with Gasteiger partial charge in [0.15, 0.2) is 0 Å². The maximum absolute atomic E-state index is 13.1. The van der Waals surface area contributed by atoms with Gasteiger partial charge in [-0.15, -0.1) is 11.3 Å². The van der Waals surface area contributed by atoms with Crippen LogP contribution >= 0.6 is 11.3 Å². The molecule has 0 aliphatic heterocycles. The van der Waals surface area contributed by atoms with Crippen LogP contribution in [0.4, 0.5) is 13.2 Å². The van der Waals surface area contributed by atoms with Crippen LogP contribution in [0.5, 0.6) is 0 Å². The molecule has 3 nitrogen and oxygen atoms in total. The molecule has 1 aromatic heterocycles. The van der Waals surface area contributed by atoms with Crippen molar-refractivity contribution in [2.75, 3.05) is 0 Å². The number of hydrogen-bond donors (Lipinski definition) is 1. The highest BCUT2D eigenvalue weighted by atomic mass is 32.1. The van der Waals surface area contributed by atoms with Crippen LogP contribution in [-0.4, -0.2) is 10.9 Å². The van der Waals surface area contributed by atoms with Gasteiger partial charge in [0.25, 0.3) is 0 Å². The zero-order chi connectivity index (χ0) is 21.1. The Kier molecular flexibility index (Phi) is 5.55. The predicted molar refractivity (Wildman–Crippen MR) is 112 cm³/mol. The fourth-order valence-corrected chi connectivity index (χ4v) is 4.21. The molecule has 152 valence electrons. The average Bonchev–Trinajstić information content (AvgIpc) is 3.13. The first-order valence-electron chi connectivity index (χ1n) is 9.27. The van der Waals surface area contributed by atoms with Crippen molar-refractivity contribution < 1.29 is 18.0 Å². The van der Waals surface area contributed by atoms with Gasteiger partial charge in [-0.05, 0) is 34.9 Å². The van der Waals surface area contributed by atoms with E-state index in [4.69, 9.17) is 0 Å². The molecule has 0 saturated carbocycles. The molecule has 0 atom stereocenters. The molecule has 1 N–H and O–H groups in total. The maximum atomic E-state index is 13.1. The summed E-state index contributed by atoms with van der Waals surface area (Å²) in [7, 11) is 0. The van der Waals surface area contributed by atoms with Gasteiger partial charge in [0.2, 0.25) is 5.91 Å². The lowest BCUT2D eigenvalue weighted by Crippen LogP contribution is -2.26. The Labute approximate surface area is 175 Å². The molecule has 0 spiro atoms. The molecule has 0 aliphatic carbocycles. The monoisotopic (exact) mass is 426 g/mol. The predicted octanol–water partition coefficient (Wildman–Crippen LogP) is 5.84. The smallest absolute Gasteiger partial charge is 0.352 e. The molecule has 0 radical (unpaired) electrons. The van der Waals surface area contributed by atoms with E-state index in [-0.39, 0.29) is 24.4 Å². The SMILES string of the molecule is O=C(Cc1nc2ccc(-c3ccccc3)cc2s1)NCc1ccccc1C(F)(F)F. The normalized spacial score (nSPS) is 11.6. The van der Waals surface area contributed by atoms with Crippen LogP contribution < -0.4 is 5.32 Å². The summed E-state index contributed by atoms with van der Waals surface area (Å²) in [6.07, 6.45) is -4.43. The van der Waals surface area contributed by atoms with Gasteiger partial charge >= 0.3 is 6.18 Å². The van der Waals surface area contributed by atoms with Crippen LogP contribution in [0, 0.1) is 0 Å². The first-order chi connectivity index (χ1) is 14.4. The molecule has 4 rings (SSSR count). The number of aromatic nitrogens is 1. The van der Waals surface area contributed by atoms with Crippen molar-refractivity contribution >= 4 is 27.5 Å². The highest BCUT2D eigenvalue weighted by Crippen LogP contribution is 2.32. The Morgan fingerprint density at radius 2 is 1.67 bits per heavy atom. The molecule has 0 bridgehead atoms. The second-order valence-corrected chi connectivity index (χ2v) is 7.88. The van der Waals surface area contributed by atoms with Gasteiger partial charge in [0.1, 0.15) is 5.01 Å². The average molecular weight is 426 g/mol. The van der Waals surface area contributed by atoms with Crippen molar-refractivity contribution in [3.8, 4) is 11.1 Å². The number of halogens is 3. The van der Waals surface area contributed by atoms with Crippen LogP contribution in [0.15, 0.2) is 72.8 Å². The third-order valence-corrected chi connectivity index (χ3v) is 5.67. The largest absolute Gasteiger partial charge is 0.416 e. The second-order valence-electron chi connectivity index (χ2n) is 6.76. The molecule has 0 aliphatic rings. The Morgan fingerprint density at radius 3 is 2.43 bits per heavy atom. The van der Waals surface area contributed by atoms with E-state index in [0.717, 1.165) is 27.4 Å². The van der Waals surface area contributed by atoms with Crippen molar-refractivity contribution in [1.29, 1.82) is 0 Å². The minimum absolute atomic E-state index is 0.0220. The zero-order valence-corrected chi connectivity index (χ0v) is 16.6. The van der Waals surface area contributed by atoms with E-state index in [1.165, 1.54) is 29.5 Å². The van der Waals surface area contributed by atoms with Gasteiger partial charge in [-0.2, -0.15) is 13.2 Å². The molecule has 1 heterocycles. The number of carbonyl (C=O) groups excluding carboxylic acids is 1. The van der Waals surface area contributed by atoms with E-state index >= 15 is 0 Å². The fourth-order valence-electron chi connectivity index (χ4n) is 3.20. The van der Waals surface area contributed by atoms with Gasteiger partial charge < -0.3 is 5.32 Å². The molecular formula is C23H17F3N2OS. The topological polar surface area (TPSA) is 42.0 Å². The molecular weight excluding hydrogens is 409 g/mol. The third-order valence-electron chi connectivity index (χ3n) is 4.65. The number of alkyl halides is 3. The van der Waals surface area contributed by atoms with E-state index in [0.29, 0.717) is 5.01 Å². The Morgan fingerprint density at radius 1 is 0.933 bits per heavy atom. The van der Waals surface area contributed by atoms with Crippen LogP contribution in [0.2, 0.25) is 0 Å². The van der Waals surface area contributed by atoms with E-state index < -0.39 is 11.7 Å². The number of benzene rings is 3. The maximum Gasteiger partial charge on any atom is 0.416 e. The molecule has 4 aromatic rings. The van der Waals surface area contributed by atoms with Crippen molar-refractivity contribution in [2.24, 2.45) is 0 Å². The molecule has 3 aromatic carbocycles. The number of thiazole rings is 1. The van der Waals surface area contributed by atoms with E-state index in [1.807, 2.05) is 48.5 Å². The standard InChI is InChI=1S/C23H17F3N2OS/c24-23(25,26)18-9-5-4-8-17(18)14-27-21(29)13-22-28-19-11-10-16(12-20(19)30-22)15-6-2-1-3-7-15/h1-12H,13-14H2,(H,27,29). The molecule has 0 unspecified atom stereocenters. The molecule has 1 amide bonds. The van der Waals surface area contributed by atoms with Gasteiger partial charge in [-0.25, -0.2) is 4.98 Å². The van der Waals surface area contributed by atoms with Crippen molar-refractivity contribution in [1.82, 2.24) is 10.3 Å². The Bertz CT molecular complexity index is 1190. The summed E-state index contributed by atoms with van der Waals surface area (Å²) in [4.78, 5) is 16.8.